The van der Waals surface area contributed by atoms with Crippen molar-refractivity contribution in [3.05, 3.63) is 76.7 Å². The number of thiazole rings is 1. The maximum atomic E-state index is 9.81. The van der Waals surface area contributed by atoms with Gasteiger partial charge in [-0.3, -0.25) is 4.90 Å². The number of nitrogens with zero attached hydrogens (tertiary/aromatic N) is 6. The summed E-state index contributed by atoms with van der Waals surface area (Å²) in [5.74, 6) is -0.595. The summed E-state index contributed by atoms with van der Waals surface area (Å²) in [5.41, 5.74) is 3.72. The van der Waals surface area contributed by atoms with E-state index in [1.54, 1.807) is 18.5 Å². The lowest BCUT2D eigenvalue weighted by Gasteiger charge is -2.26. The Morgan fingerprint density at radius 3 is 2.73 bits per heavy atom. The number of rotatable bonds is 7. The van der Waals surface area contributed by atoms with Crippen molar-refractivity contribution in [1.29, 1.82) is 5.26 Å². The van der Waals surface area contributed by atoms with E-state index >= 15 is 0 Å². The topological polar surface area (TPSA) is 87.8 Å². The number of fused-ring (bicyclic) bond motifs is 1. The average Bonchev–Trinajstić information content (AvgIpc) is 3.28. The first kappa shape index (κ1) is 21.4. The summed E-state index contributed by atoms with van der Waals surface area (Å²) in [7, 11) is 0. The molecule has 8 heteroatoms. The van der Waals surface area contributed by atoms with Crippen molar-refractivity contribution >= 4 is 21.7 Å². The molecular formula is C25H24N6OS. The molecular weight excluding hydrogens is 432 g/mol. The zero-order chi connectivity index (χ0) is 22.5. The molecule has 0 N–H and O–H groups in total. The van der Waals surface area contributed by atoms with Crippen molar-refractivity contribution in [2.75, 3.05) is 13.1 Å². The number of piperidine rings is 1. The maximum Gasteiger partial charge on any atom is 0.316 e. The molecule has 0 aliphatic carbocycles. The molecule has 7 nitrogen and oxygen atoms in total. The van der Waals surface area contributed by atoms with Crippen LogP contribution in [0.4, 0.5) is 0 Å². The molecule has 1 fully saturated rings. The monoisotopic (exact) mass is 456 g/mol. The van der Waals surface area contributed by atoms with Gasteiger partial charge in [-0.1, -0.05) is 42.0 Å². The molecule has 166 valence electrons. The van der Waals surface area contributed by atoms with Gasteiger partial charge >= 0.3 is 6.01 Å². The minimum Gasteiger partial charge on any atom is -0.459 e. The summed E-state index contributed by atoms with van der Waals surface area (Å²) < 4.78 is 5.89. The van der Waals surface area contributed by atoms with Gasteiger partial charge in [0.2, 0.25) is 0 Å². The molecule has 4 heterocycles. The van der Waals surface area contributed by atoms with Crippen LogP contribution in [0.25, 0.3) is 10.3 Å². The van der Waals surface area contributed by atoms with Crippen LogP contribution in [0.15, 0.2) is 54.9 Å². The van der Waals surface area contributed by atoms with Gasteiger partial charge in [0.1, 0.15) is 27.9 Å². The Morgan fingerprint density at radius 2 is 1.88 bits per heavy atom. The van der Waals surface area contributed by atoms with Crippen molar-refractivity contribution < 1.29 is 4.74 Å². The van der Waals surface area contributed by atoms with Crippen LogP contribution in [0, 0.1) is 11.3 Å². The molecule has 3 aromatic heterocycles. The number of nitriles is 1. The van der Waals surface area contributed by atoms with E-state index in [4.69, 9.17) is 4.74 Å². The summed E-state index contributed by atoms with van der Waals surface area (Å²) in [4.78, 5) is 21.0. The van der Waals surface area contributed by atoms with Gasteiger partial charge in [0.15, 0.2) is 0 Å². The van der Waals surface area contributed by atoms with E-state index in [2.05, 4.69) is 55.2 Å². The van der Waals surface area contributed by atoms with Gasteiger partial charge in [0.05, 0.1) is 11.8 Å². The van der Waals surface area contributed by atoms with E-state index in [0.29, 0.717) is 17.3 Å². The lowest BCUT2D eigenvalue weighted by molar-refractivity contribution is 0.220. The lowest BCUT2D eigenvalue weighted by Crippen LogP contribution is -2.29. The van der Waals surface area contributed by atoms with Crippen LogP contribution in [0.3, 0.4) is 0 Å². The van der Waals surface area contributed by atoms with Crippen molar-refractivity contribution in [3.63, 3.8) is 0 Å². The average molecular weight is 457 g/mol. The highest BCUT2D eigenvalue weighted by Crippen LogP contribution is 2.30. The minimum atomic E-state index is -0.595. The first-order valence-corrected chi connectivity index (χ1v) is 12.0. The molecule has 4 aromatic rings. The number of hydrogen-bond donors (Lipinski definition) is 0. The van der Waals surface area contributed by atoms with Crippen LogP contribution in [0.1, 0.15) is 47.0 Å². The Bertz CT molecular complexity index is 1240. The molecule has 5 rings (SSSR count). The molecule has 0 bridgehead atoms. The van der Waals surface area contributed by atoms with E-state index in [-0.39, 0.29) is 6.01 Å². The fourth-order valence-corrected chi connectivity index (χ4v) is 5.05. The largest absolute Gasteiger partial charge is 0.459 e. The van der Waals surface area contributed by atoms with E-state index < -0.39 is 5.92 Å². The fourth-order valence-electron chi connectivity index (χ4n) is 4.08. The standard InChI is InChI=1S/C25H24N6OS/c26-15-20(23-29-22-8-5-10-27-24(22)33-23)21-9-11-28-25(30-21)32-17-19-7-4-6-18(14-19)16-31-12-2-1-3-13-31/h4-11,14,20H,1-3,12-13,16-17H2. The summed E-state index contributed by atoms with van der Waals surface area (Å²) in [6.45, 7) is 3.69. The van der Waals surface area contributed by atoms with Crippen LogP contribution in [0.5, 0.6) is 6.01 Å². The second-order valence-corrected chi connectivity index (χ2v) is 9.16. The Hall–Kier alpha value is -3.41. The SMILES string of the molecule is N#CC(c1ccnc(OCc2cccc(CN3CCCCC3)c2)n1)c1nc2cccnc2s1. The predicted molar refractivity (Wildman–Crippen MR) is 127 cm³/mol. The molecule has 1 aliphatic rings. The van der Waals surface area contributed by atoms with Crippen molar-refractivity contribution in [2.45, 2.75) is 38.3 Å². The Balaban J connectivity index is 1.27. The number of hydrogen-bond acceptors (Lipinski definition) is 8. The molecule has 1 aliphatic heterocycles. The third-order valence-corrected chi connectivity index (χ3v) is 6.77. The number of benzene rings is 1. The molecule has 1 atom stereocenters. The quantitative estimate of drug-likeness (QED) is 0.398. The first-order valence-electron chi connectivity index (χ1n) is 11.2. The highest BCUT2D eigenvalue weighted by atomic mass is 32.1. The highest BCUT2D eigenvalue weighted by molar-refractivity contribution is 7.18. The smallest absolute Gasteiger partial charge is 0.316 e. The van der Waals surface area contributed by atoms with Gasteiger partial charge in [-0.2, -0.15) is 10.2 Å². The Labute approximate surface area is 196 Å². The molecule has 1 aromatic carbocycles. The van der Waals surface area contributed by atoms with Crippen molar-refractivity contribution in [1.82, 2.24) is 24.8 Å². The van der Waals surface area contributed by atoms with Crippen LogP contribution < -0.4 is 4.74 Å². The van der Waals surface area contributed by atoms with Crippen LogP contribution in [0.2, 0.25) is 0 Å². The molecule has 1 unspecified atom stereocenters. The van der Waals surface area contributed by atoms with Crippen molar-refractivity contribution in [2.24, 2.45) is 0 Å². The molecule has 0 spiro atoms. The molecule has 33 heavy (non-hydrogen) atoms. The Kier molecular flexibility index (Phi) is 6.51. The normalized spacial score (nSPS) is 15.2. The summed E-state index contributed by atoms with van der Waals surface area (Å²) in [5, 5.41) is 10.5. The van der Waals surface area contributed by atoms with E-state index in [1.165, 1.54) is 49.3 Å². The van der Waals surface area contributed by atoms with Crippen molar-refractivity contribution in [3.8, 4) is 12.1 Å². The van der Waals surface area contributed by atoms with Gasteiger partial charge in [-0.15, -0.1) is 0 Å². The lowest BCUT2D eigenvalue weighted by atomic mass is 10.1. The van der Waals surface area contributed by atoms with Crippen LogP contribution >= 0.6 is 11.3 Å². The molecule has 0 saturated carbocycles. The highest BCUT2D eigenvalue weighted by Gasteiger charge is 2.21. The Morgan fingerprint density at radius 1 is 1.00 bits per heavy atom. The summed E-state index contributed by atoms with van der Waals surface area (Å²) >= 11 is 1.41. The van der Waals surface area contributed by atoms with Crippen LogP contribution in [-0.4, -0.2) is 37.9 Å². The van der Waals surface area contributed by atoms with E-state index in [9.17, 15) is 5.26 Å². The second-order valence-electron chi connectivity index (χ2n) is 8.15. The first-order chi connectivity index (χ1) is 16.3. The zero-order valence-electron chi connectivity index (χ0n) is 18.2. The maximum absolute atomic E-state index is 9.81. The minimum absolute atomic E-state index is 0.258. The van der Waals surface area contributed by atoms with Gasteiger partial charge in [-0.25, -0.2) is 15.0 Å². The zero-order valence-corrected chi connectivity index (χ0v) is 19.0. The summed E-state index contributed by atoms with van der Waals surface area (Å²) in [6.07, 6.45) is 7.26. The predicted octanol–water partition coefficient (Wildman–Crippen LogP) is 4.70. The number of aromatic nitrogens is 4. The number of pyridine rings is 1. The fraction of sp³-hybridized carbons (Fsp3) is 0.320. The number of likely N-dealkylation sites (tertiary alicyclic amines) is 1. The van der Waals surface area contributed by atoms with Gasteiger partial charge in [-0.05, 0) is 55.3 Å². The molecule has 1 saturated heterocycles. The van der Waals surface area contributed by atoms with Crippen LogP contribution in [-0.2, 0) is 13.2 Å². The summed E-state index contributed by atoms with van der Waals surface area (Å²) in [6, 6.07) is 16.5. The van der Waals surface area contributed by atoms with Gasteiger partial charge in [0, 0.05) is 18.9 Å². The third-order valence-electron chi connectivity index (χ3n) is 5.72. The van der Waals surface area contributed by atoms with Gasteiger partial charge < -0.3 is 4.74 Å². The van der Waals surface area contributed by atoms with E-state index in [0.717, 1.165) is 22.5 Å². The third kappa shape index (κ3) is 5.16. The molecule has 0 amide bonds. The second kappa shape index (κ2) is 10.0. The number of ether oxygens (including phenoxy) is 1. The molecule has 0 radical (unpaired) electrons. The van der Waals surface area contributed by atoms with Gasteiger partial charge in [0.25, 0.3) is 0 Å². The van der Waals surface area contributed by atoms with E-state index in [1.807, 2.05) is 12.1 Å².